The van der Waals surface area contributed by atoms with E-state index in [1.165, 1.54) is 24.8 Å². The fraction of sp³-hybridized carbons (Fsp3) is 0.625. The van der Waals surface area contributed by atoms with Gasteiger partial charge < -0.3 is 9.64 Å². The first-order chi connectivity index (χ1) is 8.75. The van der Waals surface area contributed by atoms with Gasteiger partial charge in [-0.1, -0.05) is 30.3 Å². The molecule has 0 N–H and O–H groups in total. The largest absolute Gasteiger partial charge is 0.373 e. The minimum absolute atomic E-state index is 0.498. The first-order valence-electron chi connectivity index (χ1n) is 7.07. The minimum Gasteiger partial charge on any atom is -0.373 e. The summed E-state index contributed by atoms with van der Waals surface area (Å²) in [5, 5.41) is 0. The highest BCUT2D eigenvalue weighted by Gasteiger charge is 2.49. The van der Waals surface area contributed by atoms with Gasteiger partial charge in [-0.2, -0.15) is 0 Å². The lowest BCUT2D eigenvalue weighted by Crippen LogP contribution is -2.34. The van der Waals surface area contributed by atoms with Gasteiger partial charge in [-0.05, 0) is 44.8 Å². The van der Waals surface area contributed by atoms with Crippen molar-refractivity contribution >= 4 is 0 Å². The van der Waals surface area contributed by atoms with Gasteiger partial charge in [0.15, 0.2) is 0 Å². The quantitative estimate of drug-likeness (QED) is 0.808. The van der Waals surface area contributed by atoms with Crippen LogP contribution in [-0.4, -0.2) is 31.1 Å². The van der Waals surface area contributed by atoms with E-state index < -0.39 is 0 Å². The van der Waals surface area contributed by atoms with E-state index >= 15 is 0 Å². The van der Waals surface area contributed by atoms with E-state index in [-0.39, 0.29) is 0 Å². The molecular formula is C16H23NO. The van der Waals surface area contributed by atoms with Gasteiger partial charge in [0.05, 0.1) is 12.7 Å². The van der Waals surface area contributed by atoms with Crippen molar-refractivity contribution in [1.82, 2.24) is 4.90 Å². The van der Waals surface area contributed by atoms with E-state index in [9.17, 15) is 0 Å². The van der Waals surface area contributed by atoms with Crippen molar-refractivity contribution in [3.63, 3.8) is 0 Å². The van der Waals surface area contributed by atoms with Gasteiger partial charge in [-0.15, -0.1) is 0 Å². The Labute approximate surface area is 110 Å². The van der Waals surface area contributed by atoms with Gasteiger partial charge >= 0.3 is 0 Å². The summed E-state index contributed by atoms with van der Waals surface area (Å²) < 4.78 is 6.23. The van der Waals surface area contributed by atoms with Crippen LogP contribution in [0, 0.1) is 11.8 Å². The molecule has 0 aromatic heterocycles. The van der Waals surface area contributed by atoms with E-state index in [0.717, 1.165) is 24.5 Å². The zero-order valence-electron chi connectivity index (χ0n) is 11.4. The standard InChI is InChI=1S/C16H23NO/c1-17(2)15-10-13-8-9-14(15)16(13)18-11-12-6-4-3-5-7-12/h3-7,13-16H,8-11H2,1-2H3. The van der Waals surface area contributed by atoms with Crippen LogP contribution in [0.3, 0.4) is 0 Å². The third-order valence-electron chi connectivity index (χ3n) is 4.74. The molecule has 3 rings (SSSR count). The highest BCUT2D eigenvalue weighted by atomic mass is 16.5. The lowest BCUT2D eigenvalue weighted by Gasteiger charge is -2.28. The normalized spacial score (nSPS) is 34.4. The van der Waals surface area contributed by atoms with Crippen molar-refractivity contribution in [3.05, 3.63) is 35.9 Å². The topological polar surface area (TPSA) is 12.5 Å². The minimum atomic E-state index is 0.498. The third-order valence-corrected chi connectivity index (χ3v) is 4.74. The molecule has 2 aliphatic carbocycles. The highest BCUT2D eigenvalue weighted by Crippen LogP contribution is 2.48. The zero-order chi connectivity index (χ0) is 12.5. The van der Waals surface area contributed by atoms with Gasteiger partial charge in [0.2, 0.25) is 0 Å². The highest BCUT2D eigenvalue weighted by molar-refractivity contribution is 5.13. The molecule has 2 saturated carbocycles. The Morgan fingerprint density at radius 2 is 1.94 bits per heavy atom. The van der Waals surface area contributed by atoms with Gasteiger partial charge in [-0.25, -0.2) is 0 Å². The molecule has 0 aliphatic heterocycles. The summed E-state index contributed by atoms with van der Waals surface area (Å²) in [6.07, 6.45) is 4.55. The van der Waals surface area contributed by atoms with Crippen molar-refractivity contribution in [2.24, 2.45) is 11.8 Å². The van der Waals surface area contributed by atoms with Crippen LogP contribution < -0.4 is 0 Å². The maximum Gasteiger partial charge on any atom is 0.0720 e. The molecule has 0 saturated heterocycles. The Kier molecular flexibility index (Phi) is 3.40. The number of nitrogens with zero attached hydrogens (tertiary/aromatic N) is 1. The average molecular weight is 245 g/mol. The smallest absolute Gasteiger partial charge is 0.0720 e. The number of benzene rings is 1. The van der Waals surface area contributed by atoms with E-state index in [0.29, 0.717) is 6.10 Å². The molecule has 2 fully saturated rings. The molecule has 4 atom stereocenters. The summed E-state index contributed by atoms with van der Waals surface area (Å²) in [4.78, 5) is 2.39. The second kappa shape index (κ2) is 5.02. The number of ether oxygens (including phenoxy) is 1. The second-order valence-corrected chi connectivity index (χ2v) is 6.03. The Hall–Kier alpha value is -0.860. The third kappa shape index (κ3) is 2.19. The Bertz CT molecular complexity index is 389. The number of rotatable bonds is 4. The fourth-order valence-corrected chi connectivity index (χ4v) is 3.85. The van der Waals surface area contributed by atoms with Gasteiger partial charge in [-0.3, -0.25) is 0 Å². The monoisotopic (exact) mass is 245 g/mol. The van der Waals surface area contributed by atoms with Crippen LogP contribution in [0.4, 0.5) is 0 Å². The Morgan fingerprint density at radius 3 is 2.61 bits per heavy atom. The van der Waals surface area contributed by atoms with Crippen LogP contribution in [0.25, 0.3) is 0 Å². The molecule has 18 heavy (non-hydrogen) atoms. The summed E-state index contributed by atoms with van der Waals surface area (Å²) in [6.45, 7) is 0.776. The number of fused-ring (bicyclic) bond motifs is 2. The summed E-state index contributed by atoms with van der Waals surface area (Å²) in [6, 6.07) is 11.3. The molecular weight excluding hydrogens is 222 g/mol. The van der Waals surface area contributed by atoms with Gasteiger partial charge in [0, 0.05) is 12.0 Å². The van der Waals surface area contributed by atoms with E-state index in [2.05, 4.69) is 49.3 Å². The van der Waals surface area contributed by atoms with Crippen LogP contribution in [0.5, 0.6) is 0 Å². The van der Waals surface area contributed by atoms with E-state index in [1.54, 1.807) is 0 Å². The van der Waals surface area contributed by atoms with Crippen LogP contribution >= 0.6 is 0 Å². The number of hydrogen-bond acceptors (Lipinski definition) is 2. The Morgan fingerprint density at radius 1 is 1.17 bits per heavy atom. The lowest BCUT2D eigenvalue weighted by atomic mass is 9.95. The molecule has 0 amide bonds. The molecule has 0 radical (unpaired) electrons. The van der Waals surface area contributed by atoms with Crippen LogP contribution in [0.2, 0.25) is 0 Å². The molecule has 2 aliphatic rings. The molecule has 1 aromatic carbocycles. The number of hydrogen-bond donors (Lipinski definition) is 0. The van der Waals surface area contributed by atoms with Gasteiger partial charge in [0.1, 0.15) is 0 Å². The second-order valence-electron chi connectivity index (χ2n) is 6.03. The Balaban J connectivity index is 1.61. The maximum atomic E-state index is 6.23. The molecule has 98 valence electrons. The summed E-state index contributed by atoms with van der Waals surface area (Å²) in [5.41, 5.74) is 1.30. The van der Waals surface area contributed by atoms with Crippen LogP contribution in [0.15, 0.2) is 30.3 Å². The van der Waals surface area contributed by atoms with Crippen LogP contribution in [-0.2, 0) is 11.3 Å². The molecule has 1 aromatic rings. The van der Waals surface area contributed by atoms with E-state index in [4.69, 9.17) is 4.74 Å². The summed E-state index contributed by atoms with van der Waals surface area (Å²) in [7, 11) is 4.42. The molecule has 0 spiro atoms. The van der Waals surface area contributed by atoms with Crippen molar-refractivity contribution in [2.75, 3.05) is 14.1 Å². The van der Waals surface area contributed by atoms with Crippen molar-refractivity contribution in [1.29, 1.82) is 0 Å². The fourth-order valence-electron chi connectivity index (χ4n) is 3.85. The van der Waals surface area contributed by atoms with Crippen molar-refractivity contribution in [2.45, 2.75) is 38.0 Å². The van der Waals surface area contributed by atoms with Crippen LogP contribution in [0.1, 0.15) is 24.8 Å². The SMILES string of the molecule is CN(C)C1CC2CCC1C2OCc1ccccc1. The first kappa shape index (κ1) is 12.2. The van der Waals surface area contributed by atoms with Crippen molar-refractivity contribution < 1.29 is 4.74 Å². The van der Waals surface area contributed by atoms with Gasteiger partial charge in [0.25, 0.3) is 0 Å². The van der Waals surface area contributed by atoms with E-state index in [1.807, 2.05) is 0 Å². The van der Waals surface area contributed by atoms with Crippen molar-refractivity contribution in [3.8, 4) is 0 Å². The predicted molar refractivity (Wildman–Crippen MR) is 73.3 cm³/mol. The summed E-state index contributed by atoms with van der Waals surface area (Å²) in [5.74, 6) is 1.56. The first-order valence-corrected chi connectivity index (χ1v) is 7.07. The molecule has 0 heterocycles. The lowest BCUT2D eigenvalue weighted by molar-refractivity contribution is 0.00513. The molecule has 2 bridgehead atoms. The molecule has 2 nitrogen and oxygen atoms in total. The molecule has 2 heteroatoms. The summed E-state index contributed by atoms with van der Waals surface area (Å²) >= 11 is 0. The zero-order valence-corrected chi connectivity index (χ0v) is 11.4. The maximum absolute atomic E-state index is 6.23. The molecule has 4 unspecified atom stereocenters. The average Bonchev–Trinajstić information content (AvgIpc) is 2.94. The predicted octanol–water partition coefficient (Wildman–Crippen LogP) is 2.93.